The fourth-order valence-corrected chi connectivity index (χ4v) is 5.27. The molecule has 1 aliphatic carbocycles. The molecule has 0 fully saturated rings. The number of hydrogen-bond donors (Lipinski definition) is 2. The van der Waals surface area contributed by atoms with Crippen LogP contribution in [0.3, 0.4) is 0 Å². The van der Waals surface area contributed by atoms with Crippen molar-refractivity contribution in [3.05, 3.63) is 58.9 Å². The smallest absolute Gasteiger partial charge is 0.405 e. The molecular weight excluding hydrogens is 516 g/mol. The fraction of sp³-hybridized carbons (Fsp3) is 0.533. The lowest BCUT2D eigenvalue weighted by Crippen LogP contribution is -2.40. The highest BCUT2D eigenvalue weighted by Crippen LogP contribution is 2.30. The first kappa shape index (κ1) is 32.9. The second kappa shape index (κ2) is 14.9. The minimum absolute atomic E-state index is 0.119. The number of Topliss-reactive ketones (excluding diaryl/α,β-unsaturated/α-hetero) is 1. The van der Waals surface area contributed by atoms with Crippen molar-refractivity contribution < 1.29 is 38.1 Å². The summed E-state index contributed by atoms with van der Waals surface area (Å²) < 4.78 is 22.9. The topological polar surface area (TPSA) is 143 Å². The third-order valence-corrected chi connectivity index (χ3v) is 7.29. The normalized spacial score (nSPS) is 34.4. The Morgan fingerprint density at radius 3 is 2.20 bits per heavy atom. The van der Waals surface area contributed by atoms with Gasteiger partial charge < -0.3 is 30.0 Å². The van der Waals surface area contributed by atoms with Crippen molar-refractivity contribution in [1.82, 2.24) is 5.32 Å². The van der Waals surface area contributed by atoms with Gasteiger partial charge >= 0.3 is 6.09 Å². The minimum atomic E-state index is -0.902. The van der Waals surface area contributed by atoms with Crippen molar-refractivity contribution in [1.29, 1.82) is 0 Å². The van der Waals surface area contributed by atoms with Gasteiger partial charge in [0, 0.05) is 50.4 Å². The Kier molecular flexibility index (Phi) is 12.2. The second-order valence-electron chi connectivity index (χ2n) is 10.4. The zero-order valence-electron chi connectivity index (χ0n) is 24.6. The van der Waals surface area contributed by atoms with E-state index in [4.69, 9.17) is 24.7 Å². The lowest BCUT2D eigenvalue weighted by Gasteiger charge is -2.34. The van der Waals surface area contributed by atoms with Crippen LogP contribution in [0.15, 0.2) is 58.9 Å². The highest BCUT2D eigenvalue weighted by molar-refractivity contribution is 6.22. The number of fused-ring (bicyclic) bond motifs is 2. The summed E-state index contributed by atoms with van der Waals surface area (Å²) in [5.41, 5.74) is 6.49. The third-order valence-electron chi connectivity index (χ3n) is 7.29. The molecule has 0 radical (unpaired) electrons. The molecule has 1 aliphatic heterocycles. The van der Waals surface area contributed by atoms with Gasteiger partial charge in [0.1, 0.15) is 6.10 Å². The number of ether oxygens (including phenoxy) is 4. The largest absolute Gasteiger partial charge is 0.441 e. The van der Waals surface area contributed by atoms with Gasteiger partial charge in [0.2, 0.25) is 5.78 Å². The molecule has 0 aromatic heterocycles. The van der Waals surface area contributed by atoms with Crippen LogP contribution >= 0.6 is 0 Å². The molecule has 0 spiro atoms. The molecule has 2 rings (SSSR count). The first-order valence-electron chi connectivity index (χ1n) is 13.3. The number of amides is 2. The third kappa shape index (κ3) is 8.33. The van der Waals surface area contributed by atoms with Gasteiger partial charge in [-0.2, -0.15) is 0 Å². The predicted molar refractivity (Wildman–Crippen MR) is 150 cm³/mol. The molecule has 220 valence electrons. The van der Waals surface area contributed by atoms with Crippen molar-refractivity contribution >= 4 is 23.6 Å². The van der Waals surface area contributed by atoms with Gasteiger partial charge in [-0.3, -0.25) is 14.4 Å². The van der Waals surface area contributed by atoms with Crippen molar-refractivity contribution in [2.45, 2.75) is 65.5 Å². The van der Waals surface area contributed by atoms with Crippen molar-refractivity contribution in [3.63, 3.8) is 0 Å². The van der Waals surface area contributed by atoms with E-state index in [1.807, 2.05) is 33.8 Å². The van der Waals surface area contributed by atoms with Gasteiger partial charge in [0.15, 0.2) is 5.78 Å². The van der Waals surface area contributed by atoms with Gasteiger partial charge in [-0.1, -0.05) is 45.1 Å². The van der Waals surface area contributed by atoms with Crippen LogP contribution in [-0.4, -0.2) is 69.3 Å². The van der Waals surface area contributed by atoms with E-state index < -0.39 is 48.0 Å². The Morgan fingerprint density at radius 2 is 1.62 bits per heavy atom. The Balaban J connectivity index is 2.62. The first-order chi connectivity index (χ1) is 18.8. The second-order valence-corrected chi connectivity index (χ2v) is 10.4. The first-order valence-corrected chi connectivity index (χ1v) is 13.3. The Hall–Kier alpha value is -3.34. The number of nitrogens with one attached hydrogen (secondary N) is 1. The van der Waals surface area contributed by atoms with Crippen LogP contribution in [0, 0.1) is 17.8 Å². The van der Waals surface area contributed by atoms with Crippen molar-refractivity contribution in [3.8, 4) is 0 Å². The maximum atomic E-state index is 13.4. The fourth-order valence-electron chi connectivity index (χ4n) is 5.27. The molecule has 2 amide bonds. The average molecular weight is 559 g/mol. The molecule has 0 aromatic rings. The molecule has 7 atom stereocenters. The molecular formula is C30H42N2O8. The quantitative estimate of drug-likeness (QED) is 0.395. The lowest BCUT2D eigenvalue weighted by atomic mass is 9.83. The van der Waals surface area contributed by atoms with Gasteiger partial charge in [-0.15, -0.1) is 0 Å². The average Bonchev–Trinajstić information content (AvgIpc) is 2.88. The molecule has 2 bridgehead atoms. The molecule has 0 saturated heterocycles. The van der Waals surface area contributed by atoms with Crippen LogP contribution < -0.4 is 11.1 Å². The van der Waals surface area contributed by atoms with E-state index in [1.165, 1.54) is 13.2 Å². The number of carbonyl (C=O) groups excluding carboxylic acids is 4. The monoisotopic (exact) mass is 558 g/mol. The molecule has 10 heteroatoms. The zero-order valence-corrected chi connectivity index (χ0v) is 24.6. The van der Waals surface area contributed by atoms with Crippen LogP contribution in [0.4, 0.5) is 4.79 Å². The Morgan fingerprint density at radius 1 is 0.950 bits per heavy atom. The number of rotatable bonds is 4. The summed E-state index contributed by atoms with van der Waals surface area (Å²) >= 11 is 0. The van der Waals surface area contributed by atoms with Gasteiger partial charge in [0.25, 0.3) is 5.91 Å². The number of carbonyl (C=O) groups is 4. The predicted octanol–water partition coefficient (Wildman–Crippen LogP) is 3.33. The van der Waals surface area contributed by atoms with Crippen LogP contribution in [0.5, 0.6) is 0 Å². The van der Waals surface area contributed by atoms with Gasteiger partial charge in [0.05, 0.1) is 24.0 Å². The van der Waals surface area contributed by atoms with E-state index in [2.05, 4.69) is 5.32 Å². The SMILES string of the molecule is CO[C@@H]1[C@@H](OC)C[C@H](C)[C@@H](OC)C2=CC(=O)C=C(NC(=O)/C(C)=C/C=C/[C@H](C)[C@@H](OC(N)=O)/C(C)=C/[C@@H]1C)C2=O. The Bertz CT molecular complexity index is 1130. The molecule has 2 aliphatic rings. The van der Waals surface area contributed by atoms with E-state index in [0.717, 1.165) is 11.6 Å². The highest BCUT2D eigenvalue weighted by atomic mass is 16.6. The summed E-state index contributed by atoms with van der Waals surface area (Å²) in [5, 5.41) is 2.56. The van der Waals surface area contributed by atoms with Gasteiger partial charge in [-0.05, 0) is 37.8 Å². The van der Waals surface area contributed by atoms with Gasteiger partial charge in [-0.25, -0.2) is 4.79 Å². The summed E-state index contributed by atoms with van der Waals surface area (Å²) in [4.78, 5) is 50.5. The van der Waals surface area contributed by atoms with Crippen LogP contribution in [0.2, 0.25) is 0 Å². The molecule has 10 nitrogen and oxygen atoms in total. The number of nitrogens with two attached hydrogens (primary N) is 1. The number of primary amides is 1. The highest BCUT2D eigenvalue weighted by Gasteiger charge is 2.36. The maximum absolute atomic E-state index is 13.4. The number of methoxy groups -OCH3 is 3. The summed E-state index contributed by atoms with van der Waals surface area (Å²) in [5.74, 6) is -2.19. The van der Waals surface area contributed by atoms with Crippen LogP contribution in [0.1, 0.15) is 41.0 Å². The number of hydrogen-bond acceptors (Lipinski definition) is 8. The van der Waals surface area contributed by atoms with E-state index in [1.54, 1.807) is 39.4 Å². The van der Waals surface area contributed by atoms with Crippen molar-refractivity contribution in [2.75, 3.05) is 21.3 Å². The van der Waals surface area contributed by atoms with Crippen molar-refractivity contribution in [2.24, 2.45) is 23.5 Å². The molecule has 1 heterocycles. The van der Waals surface area contributed by atoms with Crippen LogP contribution in [0.25, 0.3) is 0 Å². The number of allylic oxidation sites excluding steroid dienone is 5. The van der Waals surface area contributed by atoms with E-state index in [-0.39, 0.29) is 29.0 Å². The molecule has 3 N–H and O–H groups in total. The lowest BCUT2D eigenvalue weighted by molar-refractivity contribution is -0.120. The summed E-state index contributed by atoms with van der Waals surface area (Å²) in [6, 6.07) is 0. The summed E-state index contributed by atoms with van der Waals surface area (Å²) in [6.45, 7) is 9.17. The molecule has 0 saturated carbocycles. The molecule has 0 unspecified atom stereocenters. The zero-order chi connectivity index (χ0) is 30.1. The summed E-state index contributed by atoms with van der Waals surface area (Å²) in [6.07, 6.45) is 6.65. The Labute approximate surface area is 236 Å². The maximum Gasteiger partial charge on any atom is 0.405 e. The molecule has 40 heavy (non-hydrogen) atoms. The van der Waals surface area contributed by atoms with E-state index >= 15 is 0 Å². The van der Waals surface area contributed by atoms with Crippen LogP contribution in [-0.2, 0) is 33.3 Å². The van der Waals surface area contributed by atoms with E-state index in [0.29, 0.717) is 12.0 Å². The van der Waals surface area contributed by atoms with E-state index in [9.17, 15) is 19.2 Å². The summed E-state index contributed by atoms with van der Waals surface area (Å²) in [7, 11) is 4.64. The number of ketones is 2. The molecule has 0 aromatic carbocycles. The standard InChI is InChI=1S/C30H42N2O8/c1-16-10-9-11-17(2)29(35)32-23-15-21(33)14-22(25(23)34)27(38-7)20(5)13-24(37-6)28(39-8)19(4)12-18(3)26(16)40-30(31)36/h9-12,14-16,19-20,24,26-28H,13H2,1-8H3,(H2,31,36)(H,32,35)/b10-9+,17-11+,18-12+/t16-,19-,20-,24-,26+,27+,28-/m0/s1. The minimum Gasteiger partial charge on any atom is -0.441 e.